The van der Waals surface area contributed by atoms with Gasteiger partial charge in [-0.2, -0.15) is 0 Å². The van der Waals surface area contributed by atoms with Crippen molar-refractivity contribution in [1.29, 1.82) is 0 Å². The lowest BCUT2D eigenvalue weighted by Crippen LogP contribution is -2.29. The molecule has 1 unspecified atom stereocenters. The van der Waals surface area contributed by atoms with Gasteiger partial charge in [0, 0.05) is 18.0 Å². The summed E-state index contributed by atoms with van der Waals surface area (Å²) >= 11 is 1.30. The van der Waals surface area contributed by atoms with E-state index in [1.807, 2.05) is 0 Å². The SMILES string of the molecule is O=C1COc2ccc(CNC(=O)c3nc4sc5c(c4c(=O)[nH]3)C(C(=O)NCc3ccc(C(=O)O)cc3)CC5)cc2N1. The summed E-state index contributed by atoms with van der Waals surface area (Å²) in [5, 5.41) is 17.7. The Morgan fingerprint density at radius 2 is 1.80 bits per heavy atom. The molecule has 13 heteroatoms. The molecule has 5 N–H and O–H groups in total. The predicted molar refractivity (Wildman–Crippen MR) is 148 cm³/mol. The summed E-state index contributed by atoms with van der Waals surface area (Å²) in [5.41, 5.74) is 2.30. The number of carbonyl (C=O) groups is 4. The zero-order valence-corrected chi connectivity index (χ0v) is 22.2. The van der Waals surface area contributed by atoms with E-state index in [1.54, 1.807) is 30.3 Å². The first-order valence-electron chi connectivity index (χ1n) is 12.8. The lowest BCUT2D eigenvalue weighted by atomic mass is 10.00. The zero-order chi connectivity index (χ0) is 28.7. The van der Waals surface area contributed by atoms with Gasteiger partial charge in [-0.05, 0) is 53.8 Å². The third-order valence-electron chi connectivity index (χ3n) is 7.01. The van der Waals surface area contributed by atoms with Crippen molar-refractivity contribution in [3.63, 3.8) is 0 Å². The number of ether oxygens (including phenoxy) is 1. The number of aromatic carboxylic acids is 1. The van der Waals surface area contributed by atoms with Crippen molar-refractivity contribution in [1.82, 2.24) is 20.6 Å². The highest BCUT2D eigenvalue weighted by molar-refractivity contribution is 7.18. The van der Waals surface area contributed by atoms with Crippen LogP contribution in [0.25, 0.3) is 10.2 Å². The minimum absolute atomic E-state index is 0.0489. The van der Waals surface area contributed by atoms with Gasteiger partial charge < -0.3 is 30.8 Å². The van der Waals surface area contributed by atoms with Gasteiger partial charge in [-0.25, -0.2) is 9.78 Å². The van der Waals surface area contributed by atoms with Crippen molar-refractivity contribution < 1.29 is 29.0 Å². The maximum absolute atomic E-state index is 13.1. The Hall–Kier alpha value is -5.04. The van der Waals surface area contributed by atoms with Gasteiger partial charge in [-0.1, -0.05) is 18.2 Å². The topological polar surface area (TPSA) is 180 Å². The van der Waals surface area contributed by atoms with Crippen LogP contribution < -0.4 is 26.2 Å². The molecular formula is C28H23N5O7S. The molecule has 3 amide bonds. The number of H-pyrrole nitrogens is 1. The molecule has 0 saturated carbocycles. The average molecular weight is 574 g/mol. The van der Waals surface area contributed by atoms with E-state index in [4.69, 9.17) is 9.84 Å². The normalized spacial score (nSPS) is 15.4. The number of aryl methyl sites for hydroxylation is 1. The molecule has 0 spiro atoms. The van der Waals surface area contributed by atoms with E-state index in [1.165, 1.54) is 23.5 Å². The number of anilines is 1. The monoisotopic (exact) mass is 573 g/mol. The summed E-state index contributed by atoms with van der Waals surface area (Å²) < 4.78 is 5.34. The van der Waals surface area contributed by atoms with E-state index in [0.717, 1.165) is 10.4 Å². The first-order valence-corrected chi connectivity index (χ1v) is 13.6. The van der Waals surface area contributed by atoms with E-state index in [2.05, 4.69) is 25.9 Å². The summed E-state index contributed by atoms with van der Waals surface area (Å²) in [5.74, 6) is -2.22. The molecular weight excluding hydrogens is 550 g/mol. The fourth-order valence-electron chi connectivity index (χ4n) is 5.00. The molecule has 41 heavy (non-hydrogen) atoms. The van der Waals surface area contributed by atoms with Crippen molar-refractivity contribution in [2.24, 2.45) is 0 Å². The van der Waals surface area contributed by atoms with Gasteiger partial charge in [-0.3, -0.25) is 19.2 Å². The smallest absolute Gasteiger partial charge is 0.335 e. The van der Waals surface area contributed by atoms with Gasteiger partial charge in [0.15, 0.2) is 6.61 Å². The number of carboxylic acid groups (broad SMARTS) is 1. The van der Waals surface area contributed by atoms with Gasteiger partial charge in [0.1, 0.15) is 10.6 Å². The number of amides is 3. The van der Waals surface area contributed by atoms with Crippen LogP contribution in [0.3, 0.4) is 0 Å². The second-order valence-electron chi connectivity index (χ2n) is 9.69. The van der Waals surface area contributed by atoms with Crippen LogP contribution in [-0.4, -0.2) is 45.4 Å². The molecule has 2 aliphatic rings. The number of aromatic amines is 1. The standard InChI is InChI=1S/C28H23N5O7S/c34-20-12-40-18-7-3-14(9-17(18)31-20)11-30-26(37)23-32-25(36)22-21-16(6-8-19(21)41-27(22)33-23)24(35)29-10-13-1-4-15(5-2-13)28(38)39/h1-5,7,9,16H,6,8,10-12H2,(H,29,35)(H,30,37)(H,31,34)(H,38,39)(H,32,33,36). The van der Waals surface area contributed by atoms with Gasteiger partial charge in [-0.15, -0.1) is 11.3 Å². The van der Waals surface area contributed by atoms with Crippen molar-refractivity contribution in [2.45, 2.75) is 31.8 Å². The number of benzene rings is 2. The van der Waals surface area contributed by atoms with Crippen LogP contribution in [0.1, 0.15) is 54.9 Å². The number of carboxylic acids is 1. The van der Waals surface area contributed by atoms with Crippen molar-refractivity contribution in [2.75, 3.05) is 11.9 Å². The molecule has 1 aliphatic carbocycles. The van der Waals surface area contributed by atoms with Gasteiger partial charge in [0.05, 0.1) is 22.6 Å². The Bertz CT molecular complexity index is 1790. The predicted octanol–water partition coefficient (Wildman–Crippen LogP) is 2.29. The minimum Gasteiger partial charge on any atom is -0.482 e. The number of aromatic nitrogens is 2. The molecule has 1 atom stereocenters. The Labute approximate surface area is 235 Å². The maximum atomic E-state index is 13.1. The maximum Gasteiger partial charge on any atom is 0.335 e. The molecule has 0 saturated heterocycles. The minimum atomic E-state index is -1.02. The summed E-state index contributed by atoms with van der Waals surface area (Å²) in [6, 6.07) is 11.4. The molecule has 1 aliphatic heterocycles. The van der Waals surface area contributed by atoms with Gasteiger partial charge in [0.25, 0.3) is 17.4 Å². The number of carbonyl (C=O) groups excluding carboxylic acids is 3. The second-order valence-corrected chi connectivity index (χ2v) is 10.8. The molecule has 0 radical (unpaired) electrons. The number of hydrogen-bond donors (Lipinski definition) is 5. The lowest BCUT2D eigenvalue weighted by Gasteiger charge is -2.18. The van der Waals surface area contributed by atoms with Crippen molar-refractivity contribution >= 4 is 50.9 Å². The van der Waals surface area contributed by atoms with E-state index in [-0.39, 0.29) is 42.9 Å². The Kier molecular flexibility index (Phi) is 6.71. The Morgan fingerprint density at radius 1 is 1.05 bits per heavy atom. The molecule has 208 valence electrons. The highest BCUT2D eigenvalue weighted by Crippen LogP contribution is 2.42. The number of fused-ring (bicyclic) bond motifs is 4. The molecule has 2 aromatic heterocycles. The van der Waals surface area contributed by atoms with Crippen molar-refractivity contribution in [3.05, 3.63) is 85.8 Å². The molecule has 0 fully saturated rings. The average Bonchev–Trinajstić information content (AvgIpc) is 3.54. The number of nitrogens with zero attached hydrogens (tertiary/aromatic N) is 1. The third kappa shape index (κ3) is 5.14. The van der Waals surface area contributed by atoms with Crippen LogP contribution in [0.4, 0.5) is 5.69 Å². The molecule has 2 aromatic carbocycles. The van der Waals surface area contributed by atoms with E-state index in [9.17, 15) is 24.0 Å². The largest absolute Gasteiger partial charge is 0.482 e. The number of rotatable bonds is 7. The second kappa shape index (κ2) is 10.5. The van der Waals surface area contributed by atoms with E-state index < -0.39 is 23.4 Å². The quantitative estimate of drug-likeness (QED) is 0.223. The highest BCUT2D eigenvalue weighted by atomic mass is 32.1. The lowest BCUT2D eigenvalue weighted by molar-refractivity contribution is -0.122. The first-order chi connectivity index (χ1) is 19.8. The van der Waals surface area contributed by atoms with Crippen LogP contribution in [0, 0.1) is 0 Å². The first kappa shape index (κ1) is 26.2. The van der Waals surface area contributed by atoms with Crippen LogP contribution in [0.2, 0.25) is 0 Å². The van der Waals surface area contributed by atoms with Crippen molar-refractivity contribution in [3.8, 4) is 5.75 Å². The van der Waals surface area contributed by atoms with Crippen LogP contribution in [-0.2, 0) is 29.1 Å². The molecule has 4 aromatic rings. The summed E-state index contributed by atoms with van der Waals surface area (Å²) in [4.78, 5) is 69.9. The van der Waals surface area contributed by atoms with Crippen LogP contribution >= 0.6 is 11.3 Å². The zero-order valence-electron chi connectivity index (χ0n) is 21.4. The fourth-order valence-corrected chi connectivity index (χ4v) is 6.25. The molecule has 6 rings (SSSR count). The number of nitrogens with one attached hydrogen (secondary N) is 4. The fraction of sp³-hybridized carbons (Fsp3) is 0.214. The van der Waals surface area contributed by atoms with Gasteiger partial charge >= 0.3 is 5.97 Å². The van der Waals surface area contributed by atoms with Gasteiger partial charge in [0.2, 0.25) is 11.7 Å². The molecule has 0 bridgehead atoms. The summed E-state index contributed by atoms with van der Waals surface area (Å²) in [6.07, 6.45) is 1.16. The van der Waals surface area contributed by atoms with Crippen LogP contribution in [0.15, 0.2) is 47.3 Å². The molecule has 3 heterocycles. The highest BCUT2D eigenvalue weighted by Gasteiger charge is 2.34. The molecule has 12 nitrogen and oxygen atoms in total. The Balaban J connectivity index is 1.15. The summed E-state index contributed by atoms with van der Waals surface area (Å²) in [6.45, 7) is 0.299. The van der Waals surface area contributed by atoms with E-state index in [0.29, 0.717) is 45.6 Å². The number of thiophene rings is 1. The Morgan fingerprint density at radius 3 is 2.59 bits per heavy atom. The third-order valence-corrected chi connectivity index (χ3v) is 8.17. The number of hydrogen-bond acceptors (Lipinski definition) is 8. The summed E-state index contributed by atoms with van der Waals surface area (Å²) in [7, 11) is 0. The van der Waals surface area contributed by atoms with Crippen LogP contribution in [0.5, 0.6) is 5.75 Å². The van der Waals surface area contributed by atoms with E-state index >= 15 is 0 Å².